The summed E-state index contributed by atoms with van der Waals surface area (Å²) < 4.78 is 12.0. The fourth-order valence-corrected chi connectivity index (χ4v) is 5.29. The van der Waals surface area contributed by atoms with Gasteiger partial charge >= 0.3 is 0 Å². The molecule has 1 aromatic rings. The van der Waals surface area contributed by atoms with E-state index in [1.807, 2.05) is 12.1 Å². The normalized spacial score (nSPS) is 28.9. The molecule has 2 aliphatic carbocycles. The molecule has 2 heteroatoms. The summed E-state index contributed by atoms with van der Waals surface area (Å²) in [6.45, 7) is 0. The van der Waals surface area contributed by atoms with Crippen LogP contribution in [0.1, 0.15) is 94.1 Å². The van der Waals surface area contributed by atoms with Crippen molar-refractivity contribution >= 4 is 0 Å². The van der Waals surface area contributed by atoms with E-state index in [2.05, 4.69) is 18.2 Å². The Bertz CT molecular complexity index is 611. The van der Waals surface area contributed by atoms with E-state index in [9.17, 15) is 4.39 Å². The number of benzene rings is 1. The first kappa shape index (κ1) is 20.1. The molecule has 0 heterocycles. The van der Waals surface area contributed by atoms with Crippen LogP contribution in [0.25, 0.3) is 0 Å². The monoisotopic (exact) mass is 367 g/mol. The third kappa shape index (κ3) is 6.20. The standard InChI is InChI=1S/C25H34FN/c26-18-2-1-3-20-4-6-21(7-5-20)8-9-22-10-14-24(15-11-22)25-16-12-23(19-27)13-17-25/h2,12-13,16-18,20-22,24H,1,3-11,14-15H2/t20-,21-,22-,24-. The molecule has 0 aromatic heterocycles. The molecule has 0 amide bonds. The Morgan fingerprint density at radius 3 is 1.85 bits per heavy atom. The quantitative estimate of drug-likeness (QED) is 0.485. The number of hydrogen-bond acceptors (Lipinski definition) is 1. The predicted octanol–water partition coefficient (Wildman–Crippen LogP) is 7.68. The van der Waals surface area contributed by atoms with Gasteiger partial charge in [-0.05, 0) is 79.9 Å². The molecule has 27 heavy (non-hydrogen) atoms. The van der Waals surface area contributed by atoms with Crippen molar-refractivity contribution in [3.05, 3.63) is 47.8 Å². The number of hydrogen-bond donors (Lipinski definition) is 0. The lowest BCUT2D eigenvalue weighted by Crippen LogP contribution is -2.17. The summed E-state index contributed by atoms with van der Waals surface area (Å²) in [7, 11) is 0. The SMILES string of the molecule is N#Cc1ccc([C@H]2CC[C@H](CC[C@H]3CC[C@H](CCC=CF)CC3)CC2)cc1. The van der Waals surface area contributed by atoms with Gasteiger partial charge in [0.2, 0.25) is 0 Å². The highest BCUT2D eigenvalue weighted by Crippen LogP contribution is 2.40. The van der Waals surface area contributed by atoms with Crippen LogP contribution in [-0.2, 0) is 0 Å². The summed E-state index contributed by atoms with van der Waals surface area (Å²) in [5.41, 5.74) is 2.19. The first-order valence-corrected chi connectivity index (χ1v) is 11.0. The smallest absolute Gasteiger partial charge is 0.0991 e. The molecule has 0 radical (unpaired) electrons. The fourth-order valence-electron chi connectivity index (χ4n) is 5.29. The second-order valence-electron chi connectivity index (χ2n) is 8.85. The molecule has 146 valence electrons. The molecule has 1 nitrogen and oxygen atoms in total. The maximum Gasteiger partial charge on any atom is 0.0991 e. The van der Waals surface area contributed by atoms with Gasteiger partial charge in [-0.3, -0.25) is 0 Å². The second kappa shape index (κ2) is 10.6. The van der Waals surface area contributed by atoms with E-state index in [0.717, 1.165) is 29.7 Å². The summed E-state index contributed by atoms with van der Waals surface area (Å²) in [5.74, 6) is 3.39. The van der Waals surface area contributed by atoms with Gasteiger partial charge in [0.1, 0.15) is 0 Å². The van der Waals surface area contributed by atoms with Crippen molar-refractivity contribution in [2.75, 3.05) is 0 Å². The number of halogens is 1. The Balaban J connectivity index is 1.32. The van der Waals surface area contributed by atoms with Crippen LogP contribution >= 0.6 is 0 Å². The average molecular weight is 368 g/mol. The van der Waals surface area contributed by atoms with Gasteiger partial charge < -0.3 is 0 Å². The fraction of sp³-hybridized carbons (Fsp3) is 0.640. The van der Waals surface area contributed by atoms with Gasteiger partial charge in [-0.25, -0.2) is 4.39 Å². The van der Waals surface area contributed by atoms with Gasteiger partial charge in [-0.2, -0.15) is 5.26 Å². The van der Waals surface area contributed by atoms with E-state index in [0.29, 0.717) is 12.2 Å². The van der Waals surface area contributed by atoms with Crippen molar-refractivity contribution in [3.8, 4) is 6.07 Å². The molecular weight excluding hydrogens is 333 g/mol. The van der Waals surface area contributed by atoms with E-state index < -0.39 is 0 Å². The van der Waals surface area contributed by atoms with Crippen molar-refractivity contribution in [2.45, 2.75) is 83.0 Å². The van der Waals surface area contributed by atoms with Crippen molar-refractivity contribution in [1.29, 1.82) is 5.26 Å². The van der Waals surface area contributed by atoms with Crippen LogP contribution in [0.2, 0.25) is 0 Å². The third-order valence-electron chi connectivity index (χ3n) is 7.14. The van der Waals surface area contributed by atoms with Gasteiger partial charge in [0.05, 0.1) is 18.0 Å². The molecule has 0 saturated heterocycles. The van der Waals surface area contributed by atoms with Gasteiger partial charge in [-0.1, -0.05) is 56.7 Å². The van der Waals surface area contributed by atoms with Crippen molar-refractivity contribution in [2.24, 2.45) is 17.8 Å². The zero-order valence-electron chi connectivity index (χ0n) is 16.6. The van der Waals surface area contributed by atoms with E-state index >= 15 is 0 Å². The Kier molecular flexibility index (Phi) is 7.93. The number of nitrogens with zero attached hydrogens (tertiary/aromatic N) is 1. The first-order valence-electron chi connectivity index (χ1n) is 11.0. The molecule has 0 spiro atoms. The summed E-state index contributed by atoms with van der Waals surface area (Å²) in [6.07, 6.45) is 18.1. The van der Waals surface area contributed by atoms with E-state index in [-0.39, 0.29) is 0 Å². The molecule has 1 aromatic carbocycles. The molecule has 2 fully saturated rings. The highest BCUT2D eigenvalue weighted by molar-refractivity contribution is 5.33. The van der Waals surface area contributed by atoms with E-state index in [1.165, 1.54) is 76.2 Å². The number of nitriles is 1. The number of allylic oxidation sites excluding steroid dienone is 1. The summed E-state index contributed by atoms with van der Waals surface area (Å²) in [5, 5.41) is 8.94. The topological polar surface area (TPSA) is 23.8 Å². The Morgan fingerprint density at radius 1 is 0.815 bits per heavy atom. The molecular formula is C25H34FN. The van der Waals surface area contributed by atoms with Crippen LogP contribution in [0.15, 0.2) is 36.7 Å². The highest BCUT2D eigenvalue weighted by atomic mass is 19.1. The molecule has 2 saturated carbocycles. The summed E-state index contributed by atoms with van der Waals surface area (Å²) in [4.78, 5) is 0. The molecule has 0 unspecified atom stereocenters. The van der Waals surface area contributed by atoms with Crippen LogP contribution in [0.4, 0.5) is 4.39 Å². The summed E-state index contributed by atoms with van der Waals surface area (Å²) in [6, 6.07) is 10.5. The van der Waals surface area contributed by atoms with Crippen molar-refractivity contribution < 1.29 is 4.39 Å². The average Bonchev–Trinajstić information content (AvgIpc) is 2.74. The largest absolute Gasteiger partial charge is 0.216 e. The molecule has 0 atom stereocenters. The second-order valence-corrected chi connectivity index (χ2v) is 8.85. The lowest BCUT2D eigenvalue weighted by atomic mass is 9.74. The predicted molar refractivity (Wildman–Crippen MR) is 110 cm³/mol. The molecule has 3 rings (SSSR count). The maximum atomic E-state index is 12.0. The van der Waals surface area contributed by atoms with Crippen LogP contribution < -0.4 is 0 Å². The minimum Gasteiger partial charge on any atom is -0.216 e. The van der Waals surface area contributed by atoms with Crippen LogP contribution in [0, 0.1) is 29.1 Å². The van der Waals surface area contributed by atoms with Gasteiger partial charge in [0.15, 0.2) is 0 Å². The third-order valence-corrected chi connectivity index (χ3v) is 7.14. The van der Waals surface area contributed by atoms with E-state index in [1.54, 1.807) is 6.08 Å². The maximum absolute atomic E-state index is 12.0. The van der Waals surface area contributed by atoms with Crippen molar-refractivity contribution in [3.63, 3.8) is 0 Å². The molecule has 0 N–H and O–H groups in total. The Hall–Kier alpha value is -1.62. The Labute approximate surface area is 164 Å². The van der Waals surface area contributed by atoms with Crippen LogP contribution in [0.5, 0.6) is 0 Å². The lowest BCUT2D eigenvalue weighted by molar-refractivity contribution is 0.225. The van der Waals surface area contributed by atoms with Gasteiger partial charge in [-0.15, -0.1) is 0 Å². The lowest BCUT2D eigenvalue weighted by Gasteiger charge is -2.32. The first-order chi connectivity index (χ1) is 13.3. The minimum absolute atomic E-state index is 0.696. The molecule has 2 aliphatic rings. The Morgan fingerprint density at radius 2 is 1.33 bits per heavy atom. The zero-order chi connectivity index (χ0) is 18.9. The number of rotatable bonds is 7. The zero-order valence-corrected chi connectivity index (χ0v) is 16.6. The highest BCUT2D eigenvalue weighted by Gasteiger charge is 2.25. The van der Waals surface area contributed by atoms with Crippen molar-refractivity contribution in [1.82, 2.24) is 0 Å². The van der Waals surface area contributed by atoms with Gasteiger partial charge in [0, 0.05) is 0 Å². The van der Waals surface area contributed by atoms with Crippen LogP contribution in [0.3, 0.4) is 0 Å². The minimum atomic E-state index is 0.696. The molecule has 0 aliphatic heterocycles. The molecule has 0 bridgehead atoms. The van der Waals surface area contributed by atoms with E-state index in [4.69, 9.17) is 5.26 Å². The van der Waals surface area contributed by atoms with Gasteiger partial charge in [0.25, 0.3) is 0 Å². The van der Waals surface area contributed by atoms with Crippen LogP contribution in [-0.4, -0.2) is 0 Å². The summed E-state index contributed by atoms with van der Waals surface area (Å²) >= 11 is 0.